The molecule has 0 saturated carbocycles. The average Bonchev–Trinajstić information content (AvgIpc) is 3.42. The van der Waals surface area contributed by atoms with Crippen molar-refractivity contribution in [1.82, 2.24) is 15.1 Å². The van der Waals surface area contributed by atoms with Gasteiger partial charge in [-0.3, -0.25) is 9.48 Å². The van der Waals surface area contributed by atoms with Crippen molar-refractivity contribution in [1.29, 1.82) is 0 Å². The summed E-state index contributed by atoms with van der Waals surface area (Å²) in [7, 11) is 0. The summed E-state index contributed by atoms with van der Waals surface area (Å²) in [5.74, 6) is -0.0714. The van der Waals surface area contributed by atoms with Crippen LogP contribution >= 0.6 is 0 Å². The molecule has 1 N–H and O–H groups in total. The number of hydrogen-bond acceptors (Lipinski definition) is 4. The third-order valence-corrected chi connectivity index (χ3v) is 6.13. The van der Waals surface area contributed by atoms with Gasteiger partial charge in [0.25, 0.3) is 5.91 Å². The van der Waals surface area contributed by atoms with Crippen LogP contribution in [0.3, 0.4) is 0 Å². The Kier molecular flexibility index (Phi) is 6.68. The molecule has 0 radical (unpaired) electrons. The highest BCUT2D eigenvalue weighted by atomic mass is 16.5. The molecule has 172 valence electrons. The Hall–Kier alpha value is -3.90. The van der Waals surface area contributed by atoms with Crippen LogP contribution in [0.15, 0.2) is 91.3 Å². The summed E-state index contributed by atoms with van der Waals surface area (Å²) in [6.45, 7) is 4.47. The molecule has 34 heavy (non-hydrogen) atoms. The van der Waals surface area contributed by atoms with Crippen molar-refractivity contribution in [3.63, 3.8) is 0 Å². The molecule has 1 amide bonds. The summed E-state index contributed by atoms with van der Waals surface area (Å²) >= 11 is 0. The van der Waals surface area contributed by atoms with E-state index < -0.39 is 0 Å². The highest BCUT2D eigenvalue weighted by molar-refractivity contribution is 5.94. The molecule has 1 aliphatic rings. The quantitative estimate of drug-likeness (QED) is 0.453. The van der Waals surface area contributed by atoms with Gasteiger partial charge in [-0.25, -0.2) is 0 Å². The molecule has 0 aliphatic carbocycles. The maximum atomic E-state index is 12.8. The molecule has 1 aromatic heterocycles. The van der Waals surface area contributed by atoms with Gasteiger partial charge in [-0.05, 0) is 52.6 Å². The van der Waals surface area contributed by atoms with Crippen molar-refractivity contribution < 1.29 is 9.53 Å². The van der Waals surface area contributed by atoms with Crippen LogP contribution in [0.2, 0.25) is 0 Å². The van der Waals surface area contributed by atoms with Gasteiger partial charge in [0.1, 0.15) is 0 Å². The van der Waals surface area contributed by atoms with Gasteiger partial charge in [-0.15, -0.1) is 0 Å². The molecule has 0 spiro atoms. The Labute approximate surface area is 199 Å². The highest BCUT2D eigenvalue weighted by Gasteiger charge is 2.13. The van der Waals surface area contributed by atoms with E-state index in [0.29, 0.717) is 12.1 Å². The highest BCUT2D eigenvalue weighted by Crippen LogP contribution is 2.24. The molecule has 0 bridgehead atoms. The lowest BCUT2D eigenvalue weighted by atomic mass is 9.98. The van der Waals surface area contributed by atoms with Crippen LogP contribution in [0, 0.1) is 0 Å². The Morgan fingerprint density at radius 3 is 2.41 bits per heavy atom. The lowest BCUT2D eigenvalue weighted by Crippen LogP contribution is -2.36. The summed E-state index contributed by atoms with van der Waals surface area (Å²) in [6, 6.07) is 26.5. The first kappa shape index (κ1) is 21.9. The number of nitrogens with zero attached hydrogens (tertiary/aromatic N) is 3. The molecule has 3 aromatic carbocycles. The molecule has 1 aliphatic heterocycles. The summed E-state index contributed by atoms with van der Waals surface area (Å²) in [5.41, 5.74) is 6.32. The van der Waals surface area contributed by atoms with Crippen LogP contribution in [0.4, 0.5) is 5.69 Å². The number of amides is 1. The second-order valence-electron chi connectivity index (χ2n) is 8.39. The van der Waals surface area contributed by atoms with E-state index in [4.69, 9.17) is 4.74 Å². The Morgan fingerprint density at radius 2 is 1.68 bits per heavy atom. The van der Waals surface area contributed by atoms with Gasteiger partial charge >= 0.3 is 0 Å². The first-order chi connectivity index (χ1) is 16.8. The molecular weight excluding hydrogens is 424 g/mol. The van der Waals surface area contributed by atoms with E-state index in [2.05, 4.69) is 51.7 Å². The van der Waals surface area contributed by atoms with Crippen LogP contribution in [0.25, 0.3) is 11.1 Å². The minimum Gasteiger partial charge on any atom is -0.378 e. The van der Waals surface area contributed by atoms with Gasteiger partial charge in [0.15, 0.2) is 0 Å². The first-order valence-corrected chi connectivity index (χ1v) is 11.6. The number of rotatable bonds is 7. The fourth-order valence-corrected chi connectivity index (χ4v) is 4.25. The maximum absolute atomic E-state index is 12.8. The molecule has 1 fully saturated rings. The van der Waals surface area contributed by atoms with Crippen molar-refractivity contribution in [2.75, 3.05) is 31.2 Å². The summed E-state index contributed by atoms with van der Waals surface area (Å²) in [4.78, 5) is 15.1. The zero-order valence-electron chi connectivity index (χ0n) is 19.1. The van der Waals surface area contributed by atoms with Crippen LogP contribution in [-0.2, 0) is 17.8 Å². The number of anilines is 1. The van der Waals surface area contributed by atoms with E-state index in [9.17, 15) is 4.79 Å². The van der Waals surface area contributed by atoms with Gasteiger partial charge in [-0.2, -0.15) is 5.10 Å². The van der Waals surface area contributed by atoms with E-state index in [1.165, 1.54) is 5.56 Å². The maximum Gasteiger partial charge on any atom is 0.251 e. The van der Waals surface area contributed by atoms with Gasteiger partial charge in [0.05, 0.1) is 19.8 Å². The van der Waals surface area contributed by atoms with Crippen LogP contribution in [0.1, 0.15) is 21.5 Å². The third kappa shape index (κ3) is 5.18. The van der Waals surface area contributed by atoms with E-state index in [0.717, 1.165) is 55.2 Å². The lowest BCUT2D eigenvalue weighted by Gasteiger charge is -2.28. The number of ether oxygens (including phenoxy) is 1. The van der Waals surface area contributed by atoms with E-state index in [1.807, 2.05) is 53.3 Å². The minimum atomic E-state index is -0.0714. The van der Waals surface area contributed by atoms with Crippen LogP contribution < -0.4 is 10.2 Å². The Balaban J connectivity index is 1.23. The van der Waals surface area contributed by atoms with E-state index in [1.54, 1.807) is 6.20 Å². The molecular formula is C28H28N4O2. The van der Waals surface area contributed by atoms with Crippen molar-refractivity contribution in [2.45, 2.75) is 13.1 Å². The zero-order valence-corrected chi connectivity index (χ0v) is 19.1. The lowest BCUT2D eigenvalue weighted by molar-refractivity contribution is 0.0951. The second kappa shape index (κ2) is 10.4. The molecule has 2 heterocycles. The smallest absolute Gasteiger partial charge is 0.251 e. The normalized spacial score (nSPS) is 13.6. The molecule has 6 nitrogen and oxygen atoms in total. The first-order valence-electron chi connectivity index (χ1n) is 11.6. The summed E-state index contributed by atoms with van der Waals surface area (Å²) < 4.78 is 7.32. The van der Waals surface area contributed by atoms with E-state index in [-0.39, 0.29) is 5.91 Å². The number of hydrogen-bond donors (Lipinski definition) is 1. The largest absolute Gasteiger partial charge is 0.378 e. The van der Waals surface area contributed by atoms with Crippen LogP contribution in [0.5, 0.6) is 0 Å². The van der Waals surface area contributed by atoms with Gasteiger partial charge in [0, 0.05) is 43.3 Å². The number of benzene rings is 3. The SMILES string of the molecule is O=C(NCc1ccccc1-c1ccc(Cn2cccn2)cc1)c1ccc(N2CCOCC2)cc1. The Bertz CT molecular complexity index is 1210. The number of morpholine rings is 1. The minimum absolute atomic E-state index is 0.0714. The number of carbonyl (C=O) groups excluding carboxylic acids is 1. The van der Waals surface area contributed by atoms with Crippen molar-refractivity contribution in [3.05, 3.63) is 108 Å². The topological polar surface area (TPSA) is 59.4 Å². The number of aromatic nitrogens is 2. The Morgan fingerprint density at radius 1 is 0.912 bits per heavy atom. The van der Waals surface area contributed by atoms with Gasteiger partial charge in [0.2, 0.25) is 0 Å². The summed E-state index contributed by atoms with van der Waals surface area (Å²) in [6.07, 6.45) is 3.75. The molecule has 4 aromatic rings. The summed E-state index contributed by atoms with van der Waals surface area (Å²) in [5, 5.41) is 7.35. The van der Waals surface area contributed by atoms with Crippen molar-refractivity contribution in [3.8, 4) is 11.1 Å². The molecule has 6 heteroatoms. The standard InChI is InChI=1S/C28H28N4O2/c33-28(24-10-12-26(13-11-24)31-16-18-34-19-17-31)29-20-25-4-1-2-5-27(25)23-8-6-22(7-9-23)21-32-15-3-14-30-32/h1-15H,16-21H2,(H,29,33). The predicted octanol–water partition coefficient (Wildman–Crippen LogP) is 4.37. The predicted molar refractivity (Wildman–Crippen MR) is 134 cm³/mol. The van der Waals surface area contributed by atoms with Gasteiger partial charge < -0.3 is 15.0 Å². The fourth-order valence-electron chi connectivity index (χ4n) is 4.25. The molecule has 1 saturated heterocycles. The van der Waals surface area contributed by atoms with Crippen molar-refractivity contribution in [2.24, 2.45) is 0 Å². The molecule has 0 atom stereocenters. The third-order valence-electron chi connectivity index (χ3n) is 6.13. The number of carbonyl (C=O) groups is 1. The average molecular weight is 453 g/mol. The molecule has 0 unspecified atom stereocenters. The number of nitrogens with one attached hydrogen (secondary N) is 1. The monoisotopic (exact) mass is 452 g/mol. The fraction of sp³-hybridized carbons (Fsp3) is 0.214. The van der Waals surface area contributed by atoms with Gasteiger partial charge in [-0.1, -0.05) is 48.5 Å². The molecule has 5 rings (SSSR count). The van der Waals surface area contributed by atoms with E-state index >= 15 is 0 Å². The van der Waals surface area contributed by atoms with Crippen molar-refractivity contribution >= 4 is 11.6 Å². The second-order valence-corrected chi connectivity index (χ2v) is 8.39. The van der Waals surface area contributed by atoms with Crippen LogP contribution in [-0.4, -0.2) is 42.0 Å². The zero-order chi connectivity index (χ0) is 23.2.